The van der Waals surface area contributed by atoms with Gasteiger partial charge >= 0.3 is 11.9 Å². The molecule has 170 valence electrons. The summed E-state index contributed by atoms with van der Waals surface area (Å²) < 4.78 is 25.0. The van der Waals surface area contributed by atoms with E-state index in [-0.39, 0.29) is 19.0 Å². The monoisotopic (exact) mass is 470 g/mol. The van der Waals surface area contributed by atoms with Gasteiger partial charge in [0, 0.05) is 23.9 Å². The lowest BCUT2D eigenvalue weighted by Gasteiger charge is -2.24. The molecule has 4 amide bonds. The number of allylic oxidation sites excluding steroid dienone is 1. The van der Waals surface area contributed by atoms with Crippen LogP contribution in [0.3, 0.4) is 0 Å². The van der Waals surface area contributed by atoms with Crippen molar-refractivity contribution >= 4 is 41.0 Å². The van der Waals surface area contributed by atoms with Crippen LogP contribution in [0, 0.1) is 5.82 Å². The van der Waals surface area contributed by atoms with Crippen molar-refractivity contribution in [2.45, 2.75) is 11.8 Å². The van der Waals surface area contributed by atoms with Crippen LogP contribution in [0.1, 0.15) is 5.56 Å². The van der Waals surface area contributed by atoms with Crippen LogP contribution in [-0.4, -0.2) is 59.0 Å². The molecule has 2 aliphatic rings. The van der Waals surface area contributed by atoms with Crippen LogP contribution in [0.25, 0.3) is 0 Å². The fourth-order valence-corrected chi connectivity index (χ4v) is 4.52. The van der Waals surface area contributed by atoms with E-state index in [4.69, 9.17) is 9.47 Å². The average Bonchev–Trinajstić information content (AvgIpc) is 3.30. The first-order valence-corrected chi connectivity index (χ1v) is 10.9. The minimum atomic E-state index is -0.618. The molecule has 0 saturated carbocycles. The number of thioether (sulfide) groups is 1. The number of nitrogens with zero attached hydrogens (tertiary/aromatic N) is 2. The normalized spacial score (nSPS) is 17.3. The van der Waals surface area contributed by atoms with E-state index >= 15 is 0 Å². The summed E-state index contributed by atoms with van der Waals surface area (Å²) >= 11 is 1.27. The Balaban J connectivity index is 1.56. The molecule has 2 aromatic rings. The zero-order chi connectivity index (χ0) is 23.5. The zero-order valence-corrected chi connectivity index (χ0v) is 18.7. The first kappa shape index (κ1) is 22.5. The van der Waals surface area contributed by atoms with Crippen LogP contribution in [0.2, 0.25) is 0 Å². The average molecular weight is 471 g/mol. The second-order valence-electron chi connectivity index (χ2n) is 7.31. The molecule has 0 bridgehead atoms. The predicted octanol–water partition coefficient (Wildman–Crippen LogP) is 3.03. The lowest BCUT2D eigenvalue weighted by molar-refractivity contribution is -0.426. The molecule has 2 aromatic carbocycles. The van der Waals surface area contributed by atoms with E-state index in [2.05, 4.69) is 5.32 Å². The third-order valence-corrected chi connectivity index (χ3v) is 6.19. The van der Waals surface area contributed by atoms with Gasteiger partial charge in [-0.05, 0) is 29.2 Å². The van der Waals surface area contributed by atoms with Crippen molar-refractivity contribution in [3.05, 3.63) is 65.3 Å². The molecule has 2 heterocycles. The zero-order valence-electron chi connectivity index (χ0n) is 17.9. The molecule has 2 aliphatic heterocycles. The fraction of sp³-hybridized carbons (Fsp3) is 0.217. The first-order chi connectivity index (χ1) is 15.9. The summed E-state index contributed by atoms with van der Waals surface area (Å²) in [7, 11) is 3.00. The Hall–Kier alpha value is -3.66. The van der Waals surface area contributed by atoms with Gasteiger partial charge in [-0.3, -0.25) is 4.79 Å². The number of urea groups is 1. The minimum absolute atomic E-state index is 0.0203. The van der Waals surface area contributed by atoms with Crippen molar-refractivity contribution in [2.24, 2.45) is 0 Å². The molecule has 33 heavy (non-hydrogen) atoms. The highest BCUT2D eigenvalue weighted by Crippen LogP contribution is 2.29. The number of benzene rings is 2. The van der Waals surface area contributed by atoms with E-state index in [1.807, 2.05) is 0 Å². The quantitative estimate of drug-likeness (QED) is 0.626. The van der Waals surface area contributed by atoms with Crippen molar-refractivity contribution in [2.75, 3.05) is 26.1 Å². The Morgan fingerprint density at radius 3 is 2.42 bits per heavy atom. The number of hydrogen-bond donors (Lipinski definition) is 1. The Bertz CT molecular complexity index is 1160. The van der Waals surface area contributed by atoms with E-state index in [0.717, 1.165) is 4.90 Å². The number of fused-ring (bicyclic) bond motifs is 1. The van der Waals surface area contributed by atoms with E-state index in [0.29, 0.717) is 28.5 Å². The first-order valence-electron chi connectivity index (χ1n) is 9.98. The molecule has 8 nitrogen and oxygen atoms in total. The highest BCUT2D eigenvalue weighted by atomic mass is 32.2. The molecule has 1 atom stereocenters. The maximum Gasteiger partial charge on any atom is 0.501 e. The Kier molecular flexibility index (Phi) is 6.45. The van der Waals surface area contributed by atoms with Crippen molar-refractivity contribution < 1.29 is 32.8 Å². The Morgan fingerprint density at radius 1 is 1.12 bits per heavy atom. The SMILES string of the molecule is COc1cc(NC(=O)C[N+]2=C3C=CSC3C(=O)N(Cc3ccc(F)cc3)C2=O)cc(OC)c1. The van der Waals surface area contributed by atoms with Crippen LogP contribution in [0.15, 0.2) is 53.9 Å². The number of amides is 4. The van der Waals surface area contributed by atoms with Gasteiger partial charge < -0.3 is 14.8 Å². The van der Waals surface area contributed by atoms with Crippen LogP contribution in [0.4, 0.5) is 14.9 Å². The largest absolute Gasteiger partial charge is 0.501 e. The van der Waals surface area contributed by atoms with Gasteiger partial charge in [0.15, 0.2) is 11.8 Å². The third kappa shape index (κ3) is 4.75. The molecule has 1 N–H and O–H groups in total. The van der Waals surface area contributed by atoms with Crippen molar-refractivity contribution in [1.82, 2.24) is 4.90 Å². The summed E-state index contributed by atoms with van der Waals surface area (Å²) in [6.07, 6.45) is 1.67. The van der Waals surface area contributed by atoms with Crippen LogP contribution < -0.4 is 14.8 Å². The van der Waals surface area contributed by atoms with Gasteiger partial charge in [0.1, 0.15) is 29.6 Å². The highest BCUT2D eigenvalue weighted by Gasteiger charge is 2.49. The third-order valence-electron chi connectivity index (χ3n) is 5.18. The molecule has 4 rings (SSSR count). The fourth-order valence-electron chi connectivity index (χ4n) is 3.55. The number of rotatable bonds is 7. The van der Waals surface area contributed by atoms with Crippen LogP contribution in [-0.2, 0) is 16.1 Å². The number of hydrogen-bond acceptors (Lipinski definition) is 6. The summed E-state index contributed by atoms with van der Waals surface area (Å²) in [6, 6.07) is 9.89. The minimum Gasteiger partial charge on any atom is -0.497 e. The molecule has 0 radical (unpaired) electrons. The molecule has 0 spiro atoms. The number of ether oxygens (including phenoxy) is 2. The topological polar surface area (TPSA) is 88.0 Å². The lowest BCUT2D eigenvalue weighted by Crippen LogP contribution is -2.55. The van der Waals surface area contributed by atoms with E-state index in [9.17, 15) is 18.8 Å². The molecular formula is C23H21FN3O5S+. The van der Waals surface area contributed by atoms with Crippen molar-refractivity contribution in [1.29, 1.82) is 0 Å². The van der Waals surface area contributed by atoms with Crippen molar-refractivity contribution in [3.63, 3.8) is 0 Å². The molecular weight excluding hydrogens is 449 g/mol. The number of carbonyl (C=O) groups excluding carboxylic acids is 3. The summed E-state index contributed by atoms with van der Waals surface area (Å²) in [5.74, 6) is -0.234. The standard InChI is InChI=1S/C23H20FN3O5S/c1-31-17-9-16(10-18(11-17)32-2)25-20(28)13-26-19-7-8-33-21(19)22(29)27(23(26)30)12-14-3-5-15(24)6-4-14/h3-11,21H,12-13H2,1-2H3/p+1. The summed E-state index contributed by atoms with van der Waals surface area (Å²) in [4.78, 5) is 40.1. The van der Waals surface area contributed by atoms with E-state index in [1.165, 1.54) is 54.8 Å². The molecule has 0 aromatic heterocycles. The molecule has 0 fully saturated rings. The molecule has 0 aliphatic carbocycles. The number of carbonyl (C=O) groups is 3. The van der Waals surface area contributed by atoms with Gasteiger partial charge in [-0.15, -0.1) is 11.8 Å². The number of methoxy groups -OCH3 is 2. The Labute approximate surface area is 193 Å². The number of halogens is 1. The van der Waals surface area contributed by atoms with Crippen molar-refractivity contribution in [3.8, 4) is 11.5 Å². The van der Waals surface area contributed by atoms with Gasteiger partial charge in [0.25, 0.3) is 5.91 Å². The van der Waals surface area contributed by atoms with E-state index in [1.54, 1.807) is 29.7 Å². The highest BCUT2D eigenvalue weighted by molar-refractivity contribution is 8.04. The number of anilines is 1. The summed E-state index contributed by atoms with van der Waals surface area (Å²) in [5, 5.41) is 3.85. The number of nitrogens with one attached hydrogen (secondary N) is 1. The van der Waals surface area contributed by atoms with Gasteiger partial charge in [0.05, 0.1) is 14.2 Å². The van der Waals surface area contributed by atoms with Gasteiger partial charge in [-0.1, -0.05) is 12.1 Å². The second-order valence-corrected chi connectivity index (χ2v) is 8.33. The maximum atomic E-state index is 13.2. The van der Waals surface area contributed by atoms with Gasteiger partial charge in [-0.25, -0.2) is 9.18 Å². The lowest BCUT2D eigenvalue weighted by atomic mass is 10.1. The molecule has 10 heteroatoms. The predicted molar refractivity (Wildman–Crippen MR) is 121 cm³/mol. The van der Waals surface area contributed by atoms with E-state index < -0.39 is 23.0 Å². The molecule has 1 unspecified atom stereocenters. The second kappa shape index (κ2) is 9.45. The van der Waals surface area contributed by atoms with Gasteiger partial charge in [0.2, 0.25) is 0 Å². The summed E-state index contributed by atoms with van der Waals surface area (Å²) in [6.45, 7) is -0.310. The number of imide groups is 1. The smallest absolute Gasteiger partial charge is 0.497 e. The van der Waals surface area contributed by atoms with Gasteiger partial charge in [-0.2, -0.15) is 14.3 Å². The molecule has 0 saturated heterocycles. The van der Waals surface area contributed by atoms with Crippen LogP contribution in [0.5, 0.6) is 11.5 Å². The summed E-state index contributed by atoms with van der Waals surface area (Å²) in [5.41, 5.74) is 1.51. The van der Waals surface area contributed by atoms with Crippen LogP contribution >= 0.6 is 11.8 Å². The Morgan fingerprint density at radius 2 is 1.79 bits per heavy atom. The maximum absolute atomic E-state index is 13.2.